The van der Waals surface area contributed by atoms with E-state index in [0.717, 1.165) is 53.3 Å². The van der Waals surface area contributed by atoms with Crippen molar-refractivity contribution in [2.45, 2.75) is 57.2 Å². The highest BCUT2D eigenvalue weighted by atomic mass is 19.4. The van der Waals surface area contributed by atoms with Crippen LogP contribution in [-0.4, -0.2) is 56.1 Å². The van der Waals surface area contributed by atoms with Gasteiger partial charge in [0.25, 0.3) is 5.91 Å². The minimum absolute atomic E-state index is 0.0461. The Hall–Kier alpha value is -3.69. The Balaban J connectivity index is 1.33. The molecule has 1 saturated heterocycles. The normalized spacial score (nSPS) is 19.4. The minimum Gasteiger partial charge on any atom is -0.338 e. The van der Waals surface area contributed by atoms with Gasteiger partial charge in [-0.2, -0.15) is 13.2 Å². The summed E-state index contributed by atoms with van der Waals surface area (Å²) in [6.07, 6.45) is 1.22. The van der Waals surface area contributed by atoms with Crippen LogP contribution in [0.2, 0.25) is 0 Å². The summed E-state index contributed by atoms with van der Waals surface area (Å²) in [4.78, 5) is 22.1. The summed E-state index contributed by atoms with van der Waals surface area (Å²) in [5.74, 6) is 1.61. The van der Waals surface area contributed by atoms with Crippen LogP contribution in [0.15, 0.2) is 48.5 Å². The molecular formula is C28H29F3N6O. The second kappa shape index (κ2) is 9.56. The molecule has 3 heterocycles. The topological polar surface area (TPSA) is 66.6 Å². The summed E-state index contributed by atoms with van der Waals surface area (Å²) in [6, 6.07) is 12.3. The van der Waals surface area contributed by atoms with Crippen molar-refractivity contribution in [3.05, 3.63) is 65.5 Å². The lowest BCUT2D eigenvalue weighted by molar-refractivity contribution is -0.137. The molecule has 1 aliphatic heterocycles. The second-order valence-electron chi connectivity index (χ2n) is 10.4. The molecule has 0 N–H and O–H groups in total. The number of carbonyl (C=O) groups excluding carboxylic acids is 1. The van der Waals surface area contributed by atoms with Crippen molar-refractivity contribution in [1.82, 2.24) is 24.5 Å². The van der Waals surface area contributed by atoms with Crippen molar-refractivity contribution in [1.29, 1.82) is 0 Å². The summed E-state index contributed by atoms with van der Waals surface area (Å²) < 4.78 is 41.7. The molecule has 1 aliphatic carbocycles. The third-order valence-corrected chi connectivity index (χ3v) is 7.83. The Kier molecular flexibility index (Phi) is 6.20. The maximum atomic E-state index is 13.2. The average Bonchev–Trinajstić information content (AvgIpc) is 3.38. The molecule has 10 heteroatoms. The zero-order valence-electron chi connectivity index (χ0n) is 21.2. The molecule has 6 rings (SSSR count). The number of nitrogens with zero attached hydrogens (tertiary/aromatic N) is 6. The number of amides is 1. The summed E-state index contributed by atoms with van der Waals surface area (Å²) in [5.41, 5.74) is 0.832. The van der Waals surface area contributed by atoms with Crippen molar-refractivity contribution >= 4 is 28.4 Å². The predicted molar refractivity (Wildman–Crippen MR) is 138 cm³/mol. The number of aromatic nitrogens is 4. The third-order valence-electron chi connectivity index (χ3n) is 7.83. The van der Waals surface area contributed by atoms with E-state index in [1.165, 1.54) is 31.4 Å². The van der Waals surface area contributed by atoms with E-state index in [9.17, 15) is 18.0 Å². The molecule has 1 saturated carbocycles. The number of rotatable bonds is 3. The molecule has 1 unspecified atom stereocenters. The molecule has 0 spiro atoms. The number of hydrogen-bond acceptors (Lipinski definition) is 5. The van der Waals surface area contributed by atoms with Gasteiger partial charge in [0, 0.05) is 42.5 Å². The van der Waals surface area contributed by atoms with Gasteiger partial charge >= 0.3 is 6.18 Å². The molecular weight excluding hydrogens is 493 g/mol. The maximum Gasteiger partial charge on any atom is 0.416 e. The van der Waals surface area contributed by atoms with E-state index in [2.05, 4.69) is 19.5 Å². The third kappa shape index (κ3) is 4.35. The quantitative estimate of drug-likeness (QED) is 0.346. The van der Waals surface area contributed by atoms with Gasteiger partial charge < -0.3 is 9.80 Å². The van der Waals surface area contributed by atoms with Gasteiger partial charge in [0.05, 0.1) is 11.1 Å². The molecule has 2 aliphatic rings. The smallest absolute Gasteiger partial charge is 0.338 e. The summed E-state index contributed by atoms with van der Waals surface area (Å²) in [6.45, 7) is 3.28. The fraction of sp³-hybridized carbons (Fsp3) is 0.429. The first-order valence-electron chi connectivity index (χ1n) is 13.2. The number of carbonyl (C=O) groups is 1. The van der Waals surface area contributed by atoms with Crippen LogP contribution < -0.4 is 4.90 Å². The van der Waals surface area contributed by atoms with Crippen molar-refractivity contribution in [2.24, 2.45) is 0 Å². The Morgan fingerprint density at radius 1 is 0.974 bits per heavy atom. The number of fused-ring (bicyclic) bond motifs is 3. The van der Waals surface area contributed by atoms with E-state index in [-0.39, 0.29) is 11.6 Å². The standard InChI is InChI=1S/C28H29F3N6O/c1-18-17-35(14-15-36(18)26(38)20-10-7-11-21(16-20)28(29,30)31)27-32-23-13-6-5-12-22(23)25-34-33-24(37(25)27)19-8-3-2-4-9-19/h5-7,10-13,16,18-19H,2-4,8-9,14-15,17H2,1H3. The Labute approximate surface area is 218 Å². The van der Waals surface area contributed by atoms with Crippen LogP contribution in [0.4, 0.5) is 19.1 Å². The SMILES string of the molecule is CC1CN(c2nc3ccccc3c3nnc(C4CCCCC4)n23)CCN1C(=O)c1cccc(C(F)(F)F)c1. The van der Waals surface area contributed by atoms with Crippen LogP contribution in [0.1, 0.15) is 66.7 Å². The lowest BCUT2D eigenvalue weighted by Gasteiger charge is -2.40. The van der Waals surface area contributed by atoms with Gasteiger partial charge in [-0.05, 0) is 50.1 Å². The minimum atomic E-state index is -4.50. The molecule has 7 nitrogen and oxygen atoms in total. The van der Waals surface area contributed by atoms with Crippen LogP contribution in [0.3, 0.4) is 0 Å². The van der Waals surface area contributed by atoms with E-state index in [4.69, 9.17) is 4.98 Å². The highest BCUT2D eigenvalue weighted by molar-refractivity contribution is 5.95. The maximum absolute atomic E-state index is 13.2. The van der Waals surface area contributed by atoms with E-state index in [1.807, 2.05) is 31.2 Å². The van der Waals surface area contributed by atoms with E-state index < -0.39 is 17.6 Å². The molecule has 1 atom stereocenters. The predicted octanol–water partition coefficient (Wildman–Crippen LogP) is 5.69. The number of halogens is 3. The van der Waals surface area contributed by atoms with Gasteiger partial charge in [0.1, 0.15) is 5.82 Å². The first-order chi connectivity index (χ1) is 18.3. The number of anilines is 1. The Bertz CT molecular complexity index is 1490. The highest BCUT2D eigenvalue weighted by Crippen LogP contribution is 2.35. The summed E-state index contributed by atoms with van der Waals surface area (Å²) in [7, 11) is 0. The lowest BCUT2D eigenvalue weighted by atomic mass is 9.89. The number of piperazine rings is 1. The fourth-order valence-electron chi connectivity index (χ4n) is 5.86. The highest BCUT2D eigenvalue weighted by Gasteiger charge is 2.34. The monoisotopic (exact) mass is 522 g/mol. The fourth-order valence-corrected chi connectivity index (χ4v) is 5.86. The van der Waals surface area contributed by atoms with Crippen molar-refractivity contribution in [3.63, 3.8) is 0 Å². The molecule has 4 aromatic rings. The van der Waals surface area contributed by atoms with Crippen LogP contribution in [-0.2, 0) is 6.18 Å². The zero-order chi connectivity index (χ0) is 26.4. The largest absolute Gasteiger partial charge is 0.416 e. The zero-order valence-corrected chi connectivity index (χ0v) is 21.2. The molecule has 38 heavy (non-hydrogen) atoms. The molecule has 0 radical (unpaired) electrons. The lowest BCUT2D eigenvalue weighted by Crippen LogP contribution is -2.54. The van der Waals surface area contributed by atoms with E-state index >= 15 is 0 Å². The van der Waals surface area contributed by atoms with Crippen LogP contribution >= 0.6 is 0 Å². The molecule has 1 amide bonds. The van der Waals surface area contributed by atoms with E-state index in [1.54, 1.807) is 4.90 Å². The summed E-state index contributed by atoms with van der Waals surface area (Å²) in [5, 5.41) is 10.2. The first-order valence-corrected chi connectivity index (χ1v) is 13.2. The van der Waals surface area contributed by atoms with Gasteiger partial charge in [-0.1, -0.05) is 37.5 Å². The number of alkyl halides is 3. The van der Waals surface area contributed by atoms with Gasteiger partial charge in [-0.15, -0.1) is 10.2 Å². The number of hydrogen-bond donors (Lipinski definition) is 0. The number of para-hydroxylation sites is 1. The molecule has 2 aromatic heterocycles. The molecule has 0 bridgehead atoms. The second-order valence-corrected chi connectivity index (χ2v) is 10.4. The molecule has 2 fully saturated rings. The molecule has 2 aromatic carbocycles. The van der Waals surface area contributed by atoms with Gasteiger partial charge in [-0.25, -0.2) is 9.38 Å². The van der Waals surface area contributed by atoms with E-state index in [0.29, 0.717) is 25.6 Å². The van der Waals surface area contributed by atoms with Crippen molar-refractivity contribution in [3.8, 4) is 0 Å². The van der Waals surface area contributed by atoms with Crippen molar-refractivity contribution < 1.29 is 18.0 Å². The molecule has 198 valence electrons. The van der Waals surface area contributed by atoms with Crippen molar-refractivity contribution in [2.75, 3.05) is 24.5 Å². The van der Waals surface area contributed by atoms with Crippen LogP contribution in [0.5, 0.6) is 0 Å². The number of benzene rings is 2. The van der Waals surface area contributed by atoms with Gasteiger partial charge in [0.2, 0.25) is 5.95 Å². The Morgan fingerprint density at radius 2 is 1.76 bits per heavy atom. The Morgan fingerprint density at radius 3 is 2.53 bits per heavy atom. The van der Waals surface area contributed by atoms with Crippen LogP contribution in [0.25, 0.3) is 16.6 Å². The van der Waals surface area contributed by atoms with Gasteiger partial charge in [0.15, 0.2) is 5.65 Å². The first kappa shape index (κ1) is 24.6. The van der Waals surface area contributed by atoms with Gasteiger partial charge in [-0.3, -0.25) is 4.79 Å². The van der Waals surface area contributed by atoms with Crippen LogP contribution in [0, 0.1) is 0 Å². The average molecular weight is 523 g/mol. The summed E-state index contributed by atoms with van der Waals surface area (Å²) >= 11 is 0.